The van der Waals surface area contributed by atoms with Gasteiger partial charge < -0.3 is 5.32 Å². The molecule has 124 valence electrons. The van der Waals surface area contributed by atoms with Gasteiger partial charge in [-0.15, -0.1) is 0 Å². The lowest BCUT2D eigenvalue weighted by Gasteiger charge is -2.17. The van der Waals surface area contributed by atoms with E-state index in [1.807, 2.05) is 19.1 Å². The summed E-state index contributed by atoms with van der Waals surface area (Å²) in [6.45, 7) is 3.59. The molecule has 1 aliphatic heterocycles. The van der Waals surface area contributed by atoms with Gasteiger partial charge in [0.15, 0.2) is 10.3 Å². The number of hydrogen-bond donors (Lipinski definition) is 1. The van der Waals surface area contributed by atoms with E-state index in [0.717, 1.165) is 10.5 Å². The molecular weight excluding hydrogens is 351 g/mol. The number of halogens is 2. The van der Waals surface area contributed by atoms with Crippen molar-refractivity contribution in [3.05, 3.63) is 46.0 Å². The van der Waals surface area contributed by atoms with Gasteiger partial charge >= 0.3 is 0 Å². The summed E-state index contributed by atoms with van der Waals surface area (Å²) >= 11 is 12.1. The van der Waals surface area contributed by atoms with Crippen molar-refractivity contribution in [3.8, 4) is 0 Å². The Morgan fingerprint density at radius 1 is 1.08 bits per heavy atom. The van der Waals surface area contributed by atoms with E-state index in [2.05, 4.69) is 15.3 Å². The standard InChI is InChI=1S/C16H14Cl2N4O2/c1-8-3-5-10(6-4-8)22-12(23)7-11(16(22)24)21-13-14(17)19-9(2)20-15(13)18/h3-6,11,21H,7H2,1-2H3/t11-/m0/s1. The van der Waals surface area contributed by atoms with Crippen molar-refractivity contribution in [2.45, 2.75) is 26.3 Å². The average Bonchev–Trinajstić information content (AvgIpc) is 2.78. The van der Waals surface area contributed by atoms with Crippen LogP contribution in [0.3, 0.4) is 0 Å². The summed E-state index contributed by atoms with van der Waals surface area (Å²) in [6, 6.07) is 6.40. The molecule has 0 bridgehead atoms. The monoisotopic (exact) mass is 364 g/mol. The largest absolute Gasteiger partial charge is 0.368 e. The van der Waals surface area contributed by atoms with Crippen LogP contribution in [-0.2, 0) is 9.59 Å². The second-order valence-corrected chi connectivity index (χ2v) is 6.25. The highest BCUT2D eigenvalue weighted by Gasteiger charge is 2.40. The maximum Gasteiger partial charge on any atom is 0.256 e. The van der Waals surface area contributed by atoms with E-state index in [9.17, 15) is 9.59 Å². The van der Waals surface area contributed by atoms with E-state index in [4.69, 9.17) is 23.2 Å². The molecule has 2 amide bonds. The molecule has 1 aromatic heterocycles. The minimum Gasteiger partial charge on any atom is -0.368 e. The third kappa shape index (κ3) is 3.07. The first-order valence-electron chi connectivity index (χ1n) is 7.26. The van der Waals surface area contributed by atoms with E-state index in [1.54, 1.807) is 19.1 Å². The first-order chi connectivity index (χ1) is 11.4. The third-order valence-corrected chi connectivity index (χ3v) is 4.24. The van der Waals surface area contributed by atoms with Crippen molar-refractivity contribution in [1.29, 1.82) is 0 Å². The molecule has 0 saturated carbocycles. The Kier molecular flexibility index (Phi) is 4.43. The zero-order valence-electron chi connectivity index (χ0n) is 13.0. The Morgan fingerprint density at radius 2 is 1.67 bits per heavy atom. The zero-order chi connectivity index (χ0) is 17.4. The van der Waals surface area contributed by atoms with Crippen LogP contribution in [0.2, 0.25) is 10.3 Å². The fourth-order valence-corrected chi connectivity index (χ4v) is 3.09. The number of imide groups is 1. The summed E-state index contributed by atoms with van der Waals surface area (Å²) in [7, 11) is 0. The number of carbonyl (C=O) groups excluding carboxylic acids is 2. The molecule has 1 aromatic carbocycles. The van der Waals surface area contributed by atoms with Gasteiger partial charge in [0.05, 0.1) is 12.1 Å². The second-order valence-electron chi connectivity index (χ2n) is 5.53. The van der Waals surface area contributed by atoms with E-state index in [1.165, 1.54) is 0 Å². The molecule has 1 fully saturated rings. The summed E-state index contributed by atoms with van der Waals surface area (Å²) in [5.41, 5.74) is 1.83. The molecule has 0 spiro atoms. The van der Waals surface area contributed by atoms with Gasteiger partial charge in [0, 0.05) is 0 Å². The van der Waals surface area contributed by atoms with Crippen LogP contribution < -0.4 is 10.2 Å². The number of benzene rings is 1. The summed E-state index contributed by atoms with van der Waals surface area (Å²) in [5, 5.41) is 3.12. The van der Waals surface area contributed by atoms with Crippen LogP contribution >= 0.6 is 23.2 Å². The van der Waals surface area contributed by atoms with Gasteiger partial charge in [-0.2, -0.15) is 0 Å². The fraction of sp³-hybridized carbons (Fsp3) is 0.250. The number of carbonyl (C=O) groups is 2. The Hall–Kier alpha value is -2.18. The Balaban J connectivity index is 1.86. The number of nitrogens with zero attached hydrogens (tertiary/aromatic N) is 3. The first kappa shape index (κ1) is 16.7. The molecule has 6 nitrogen and oxygen atoms in total. The number of aromatic nitrogens is 2. The summed E-state index contributed by atoms with van der Waals surface area (Å²) in [6.07, 6.45) is 0.00719. The summed E-state index contributed by atoms with van der Waals surface area (Å²) in [5.74, 6) is -0.233. The van der Waals surface area contributed by atoms with Crippen molar-refractivity contribution >= 4 is 46.4 Å². The van der Waals surface area contributed by atoms with Crippen LogP contribution in [-0.4, -0.2) is 27.8 Å². The topological polar surface area (TPSA) is 75.2 Å². The number of rotatable bonds is 3. The maximum absolute atomic E-state index is 12.6. The smallest absolute Gasteiger partial charge is 0.256 e. The van der Waals surface area contributed by atoms with Crippen LogP contribution in [0.5, 0.6) is 0 Å². The number of nitrogens with one attached hydrogen (secondary N) is 1. The number of anilines is 2. The molecule has 0 unspecified atom stereocenters. The normalized spacial score (nSPS) is 17.5. The maximum atomic E-state index is 12.6. The molecule has 0 aliphatic carbocycles. The van der Waals surface area contributed by atoms with E-state index in [-0.39, 0.29) is 34.2 Å². The average molecular weight is 365 g/mol. The Labute approximate surface area is 148 Å². The lowest BCUT2D eigenvalue weighted by Crippen LogP contribution is -2.35. The van der Waals surface area contributed by atoms with E-state index < -0.39 is 6.04 Å². The fourth-order valence-electron chi connectivity index (χ4n) is 2.51. The van der Waals surface area contributed by atoms with Crippen LogP contribution in [0.1, 0.15) is 17.8 Å². The molecular formula is C16H14Cl2N4O2. The van der Waals surface area contributed by atoms with Gasteiger partial charge in [-0.3, -0.25) is 9.59 Å². The van der Waals surface area contributed by atoms with Crippen LogP contribution in [0, 0.1) is 13.8 Å². The molecule has 1 N–H and O–H groups in total. The lowest BCUT2D eigenvalue weighted by molar-refractivity contribution is -0.121. The molecule has 24 heavy (non-hydrogen) atoms. The highest BCUT2D eigenvalue weighted by molar-refractivity contribution is 6.37. The van der Waals surface area contributed by atoms with Gasteiger partial charge in [-0.25, -0.2) is 14.9 Å². The molecule has 1 aliphatic rings. The second kappa shape index (κ2) is 6.37. The highest BCUT2D eigenvalue weighted by Crippen LogP contribution is 2.31. The predicted molar refractivity (Wildman–Crippen MR) is 92.5 cm³/mol. The molecule has 8 heteroatoms. The van der Waals surface area contributed by atoms with Crippen molar-refractivity contribution in [2.75, 3.05) is 10.2 Å². The molecule has 0 radical (unpaired) electrons. The number of hydrogen-bond acceptors (Lipinski definition) is 5. The predicted octanol–water partition coefficient (Wildman–Crippen LogP) is 3.14. The Bertz CT molecular complexity index is 800. The van der Waals surface area contributed by atoms with Gasteiger partial charge in [0.2, 0.25) is 5.91 Å². The molecule has 1 atom stereocenters. The molecule has 2 aromatic rings. The van der Waals surface area contributed by atoms with Gasteiger partial charge in [-0.05, 0) is 26.0 Å². The highest BCUT2D eigenvalue weighted by atomic mass is 35.5. The number of amides is 2. The quantitative estimate of drug-likeness (QED) is 0.668. The van der Waals surface area contributed by atoms with Crippen molar-refractivity contribution in [2.24, 2.45) is 0 Å². The van der Waals surface area contributed by atoms with Crippen LogP contribution in [0.15, 0.2) is 24.3 Å². The lowest BCUT2D eigenvalue weighted by atomic mass is 10.2. The van der Waals surface area contributed by atoms with E-state index in [0.29, 0.717) is 11.5 Å². The molecule has 3 rings (SSSR count). The SMILES string of the molecule is Cc1ccc(N2C(=O)C[C@H](Nc3c(Cl)nc(C)nc3Cl)C2=O)cc1. The summed E-state index contributed by atoms with van der Waals surface area (Å²) in [4.78, 5) is 34.0. The van der Waals surface area contributed by atoms with Gasteiger partial charge in [-0.1, -0.05) is 40.9 Å². The molecule has 1 saturated heterocycles. The van der Waals surface area contributed by atoms with Crippen molar-refractivity contribution < 1.29 is 9.59 Å². The number of aryl methyl sites for hydroxylation is 2. The molecule has 2 heterocycles. The van der Waals surface area contributed by atoms with Crippen LogP contribution in [0.4, 0.5) is 11.4 Å². The summed E-state index contributed by atoms with van der Waals surface area (Å²) < 4.78 is 0. The Morgan fingerprint density at radius 3 is 2.25 bits per heavy atom. The van der Waals surface area contributed by atoms with E-state index >= 15 is 0 Å². The van der Waals surface area contributed by atoms with Crippen molar-refractivity contribution in [1.82, 2.24) is 9.97 Å². The first-order valence-corrected chi connectivity index (χ1v) is 8.02. The third-order valence-electron chi connectivity index (χ3n) is 3.69. The van der Waals surface area contributed by atoms with Crippen molar-refractivity contribution in [3.63, 3.8) is 0 Å². The van der Waals surface area contributed by atoms with Gasteiger partial charge in [0.25, 0.3) is 5.91 Å². The minimum absolute atomic E-state index is 0.00719. The van der Waals surface area contributed by atoms with Gasteiger partial charge in [0.1, 0.15) is 17.6 Å². The minimum atomic E-state index is -0.764. The van der Waals surface area contributed by atoms with Crippen LogP contribution in [0.25, 0.3) is 0 Å². The zero-order valence-corrected chi connectivity index (χ0v) is 14.5.